The Morgan fingerprint density at radius 2 is 1.84 bits per heavy atom. The summed E-state index contributed by atoms with van der Waals surface area (Å²) in [5.74, 6) is 0.758. The Morgan fingerprint density at radius 1 is 1.12 bits per heavy atom. The standard InChI is InChI=1S/C21H25N3O/c1-4-5-14-22-16(3)20-23-18-12-8-7-11-17(18)21(25)24(20)19-13-9-6-10-15(19)2/h6-13,16,22H,4-5,14H2,1-3H3/t16-/m0/s1. The van der Waals surface area contributed by atoms with Gasteiger partial charge < -0.3 is 5.32 Å². The van der Waals surface area contributed by atoms with Crippen LogP contribution in [-0.4, -0.2) is 16.1 Å². The van der Waals surface area contributed by atoms with Crippen LogP contribution < -0.4 is 10.9 Å². The van der Waals surface area contributed by atoms with Gasteiger partial charge in [-0.15, -0.1) is 0 Å². The fourth-order valence-electron chi connectivity index (χ4n) is 3.07. The van der Waals surface area contributed by atoms with Crippen LogP contribution in [0.5, 0.6) is 0 Å². The summed E-state index contributed by atoms with van der Waals surface area (Å²) in [5.41, 5.74) is 2.68. The lowest BCUT2D eigenvalue weighted by atomic mass is 10.1. The van der Waals surface area contributed by atoms with Crippen molar-refractivity contribution < 1.29 is 0 Å². The Balaban J connectivity index is 2.21. The largest absolute Gasteiger partial charge is 0.308 e. The van der Waals surface area contributed by atoms with Gasteiger partial charge in [0.15, 0.2) is 0 Å². The van der Waals surface area contributed by atoms with Crippen LogP contribution in [0.25, 0.3) is 16.6 Å². The first-order valence-electron chi connectivity index (χ1n) is 8.94. The molecule has 1 atom stereocenters. The zero-order valence-corrected chi connectivity index (χ0v) is 15.1. The van der Waals surface area contributed by atoms with Gasteiger partial charge in [0.05, 0.1) is 22.6 Å². The highest BCUT2D eigenvalue weighted by Crippen LogP contribution is 2.20. The van der Waals surface area contributed by atoms with Crippen molar-refractivity contribution in [3.05, 3.63) is 70.3 Å². The Hall–Kier alpha value is -2.46. The van der Waals surface area contributed by atoms with Gasteiger partial charge in [-0.25, -0.2) is 4.98 Å². The van der Waals surface area contributed by atoms with Crippen molar-refractivity contribution in [3.8, 4) is 5.69 Å². The molecule has 1 aromatic heterocycles. The van der Waals surface area contributed by atoms with Gasteiger partial charge in [0.2, 0.25) is 0 Å². The van der Waals surface area contributed by atoms with Crippen LogP contribution in [0.4, 0.5) is 0 Å². The average Bonchev–Trinajstić information content (AvgIpc) is 2.63. The summed E-state index contributed by atoms with van der Waals surface area (Å²) in [4.78, 5) is 18.1. The van der Waals surface area contributed by atoms with Crippen molar-refractivity contribution in [1.82, 2.24) is 14.9 Å². The molecule has 0 fully saturated rings. The quantitative estimate of drug-likeness (QED) is 0.689. The fourth-order valence-corrected chi connectivity index (χ4v) is 3.07. The minimum atomic E-state index is -0.0148. The number of aromatic nitrogens is 2. The highest BCUT2D eigenvalue weighted by Gasteiger charge is 2.18. The van der Waals surface area contributed by atoms with E-state index in [0.29, 0.717) is 5.39 Å². The molecule has 0 aliphatic heterocycles. The smallest absolute Gasteiger partial charge is 0.266 e. The number of para-hydroxylation sites is 2. The second-order valence-corrected chi connectivity index (χ2v) is 6.44. The maximum atomic E-state index is 13.2. The summed E-state index contributed by atoms with van der Waals surface area (Å²) in [7, 11) is 0. The van der Waals surface area contributed by atoms with Crippen LogP contribution in [0.1, 0.15) is 44.1 Å². The first kappa shape index (κ1) is 17.4. The maximum Gasteiger partial charge on any atom is 0.266 e. The van der Waals surface area contributed by atoms with Crippen LogP contribution in [-0.2, 0) is 0 Å². The molecule has 4 heteroatoms. The molecule has 3 rings (SSSR count). The molecule has 4 nitrogen and oxygen atoms in total. The van der Waals surface area contributed by atoms with Crippen LogP contribution in [0.2, 0.25) is 0 Å². The third-order valence-corrected chi connectivity index (χ3v) is 4.53. The molecule has 3 aromatic rings. The normalized spacial score (nSPS) is 12.4. The van der Waals surface area contributed by atoms with E-state index >= 15 is 0 Å². The monoisotopic (exact) mass is 335 g/mol. The lowest BCUT2D eigenvalue weighted by Gasteiger charge is -2.20. The number of aryl methyl sites for hydroxylation is 1. The van der Waals surface area contributed by atoms with Gasteiger partial charge in [0.25, 0.3) is 5.56 Å². The van der Waals surface area contributed by atoms with Crippen LogP contribution in [0.3, 0.4) is 0 Å². The van der Waals surface area contributed by atoms with Crippen LogP contribution >= 0.6 is 0 Å². The van der Waals surface area contributed by atoms with Gasteiger partial charge in [-0.2, -0.15) is 0 Å². The van der Waals surface area contributed by atoms with Gasteiger partial charge in [-0.1, -0.05) is 43.7 Å². The SMILES string of the molecule is CCCCN[C@@H](C)c1nc2ccccc2c(=O)n1-c1ccccc1C. The Labute approximate surface area is 148 Å². The minimum absolute atomic E-state index is 0.0107. The molecule has 2 aromatic carbocycles. The molecule has 1 N–H and O–H groups in total. The van der Waals surface area contributed by atoms with E-state index in [9.17, 15) is 4.79 Å². The van der Waals surface area contributed by atoms with Crippen molar-refractivity contribution >= 4 is 10.9 Å². The molecule has 1 heterocycles. The van der Waals surface area contributed by atoms with Crippen molar-refractivity contribution in [2.24, 2.45) is 0 Å². The number of fused-ring (bicyclic) bond motifs is 1. The van der Waals surface area contributed by atoms with E-state index in [-0.39, 0.29) is 11.6 Å². The van der Waals surface area contributed by atoms with Crippen LogP contribution in [0, 0.1) is 6.92 Å². The van der Waals surface area contributed by atoms with E-state index in [2.05, 4.69) is 19.2 Å². The van der Waals surface area contributed by atoms with E-state index in [4.69, 9.17) is 4.98 Å². The predicted octanol–water partition coefficient (Wildman–Crippen LogP) is 4.14. The summed E-state index contributed by atoms with van der Waals surface area (Å²) in [6.07, 6.45) is 2.24. The molecule has 130 valence electrons. The second-order valence-electron chi connectivity index (χ2n) is 6.44. The van der Waals surface area contributed by atoms with Gasteiger partial charge in [-0.3, -0.25) is 9.36 Å². The number of hydrogen-bond acceptors (Lipinski definition) is 3. The zero-order valence-electron chi connectivity index (χ0n) is 15.1. The highest BCUT2D eigenvalue weighted by atomic mass is 16.1. The molecule has 25 heavy (non-hydrogen) atoms. The lowest BCUT2D eigenvalue weighted by Crippen LogP contribution is -2.31. The first-order valence-corrected chi connectivity index (χ1v) is 8.94. The number of benzene rings is 2. The summed E-state index contributed by atoms with van der Waals surface area (Å²) >= 11 is 0. The second kappa shape index (κ2) is 7.62. The molecule has 0 bridgehead atoms. The van der Waals surface area contributed by atoms with Crippen molar-refractivity contribution in [3.63, 3.8) is 0 Å². The number of nitrogens with one attached hydrogen (secondary N) is 1. The van der Waals surface area contributed by atoms with Gasteiger partial charge in [0.1, 0.15) is 5.82 Å². The van der Waals surface area contributed by atoms with Crippen molar-refractivity contribution in [1.29, 1.82) is 0 Å². The molecule has 0 spiro atoms. The number of nitrogens with zero attached hydrogens (tertiary/aromatic N) is 2. The average molecular weight is 335 g/mol. The van der Waals surface area contributed by atoms with Crippen LogP contribution in [0.15, 0.2) is 53.3 Å². The molecule has 0 saturated carbocycles. The van der Waals surface area contributed by atoms with Gasteiger partial charge >= 0.3 is 0 Å². The Bertz CT molecular complexity index is 930. The molecule has 0 saturated heterocycles. The van der Waals surface area contributed by atoms with Crippen molar-refractivity contribution in [2.75, 3.05) is 6.54 Å². The van der Waals surface area contributed by atoms with Gasteiger partial charge in [0, 0.05) is 0 Å². The highest BCUT2D eigenvalue weighted by molar-refractivity contribution is 5.78. The third kappa shape index (κ3) is 3.49. The molecule has 0 unspecified atom stereocenters. The molecule has 0 aliphatic rings. The molecule has 0 aliphatic carbocycles. The molecular formula is C21H25N3O. The number of hydrogen-bond donors (Lipinski definition) is 1. The third-order valence-electron chi connectivity index (χ3n) is 4.53. The Kier molecular flexibility index (Phi) is 5.29. The van der Waals surface area contributed by atoms with E-state index in [0.717, 1.165) is 42.0 Å². The summed E-state index contributed by atoms with van der Waals surface area (Å²) in [6, 6.07) is 15.5. The summed E-state index contributed by atoms with van der Waals surface area (Å²) in [5, 5.41) is 4.15. The minimum Gasteiger partial charge on any atom is -0.308 e. The number of rotatable bonds is 6. The fraction of sp³-hybridized carbons (Fsp3) is 0.333. The zero-order chi connectivity index (χ0) is 17.8. The molecular weight excluding hydrogens is 310 g/mol. The van der Waals surface area contributed by atoms with Crippen molar-refractivity contribution in [2.45, 2.75) is 39.7 Å². The lowest BCUT2D eigenvalue weighted by molar-refractivity contribution is 0.520. The first-order chi connectivity index (χ1) is 12.1. The van der Waals surface area contributed by atoms with E-state index in [1.807, 2.05) is 55.5 Å². The number of unbranched alkanes of at least 4 members (excludes halogenated alkanes) is 1. The topological polar surface area (TPSA) is 46.9 Å². The van der Waals surface area contributed by atoms with E-state index in [1.54, 1.807) is 4.57 Å². The maximum absolute atomic E-state index is 13.2. The summed E-state index contributed by atoms with van der Waals surface area (Å²) < 4.78 is 1.77. The van der Waals surface area contributed by atoms with Gasteiger partial charge in [-0.05, 0) is 50.6 Å². The Morgan fingerprint density at radius 3 is 2.60 bits per heavy atom. The summed E-state index contributed by atoms with van der Waals surface area (Å²) in [6.45, 7) is 7.18. The van der Waals surface area contributed by atoms with E-state index in [1.165, 1.54) is 0 Å². The predicted molar refractivity (Wildman–Crippen MR) is 103 cm³/mol. The van der Waals surface area contributed by atoms with E-state index < -0.39 is 0 Å². The molecule has 0 radical (unpaired) electrons. The molecule has 0 amide bonds.